The molecule has 0 bridgehead atoms. The van der Waals surface area contributed by atoms with Gasteiger partial charge >= 0.3 is 0 Å². The monoisotopic (exact) mass is 482 g/mol. The second kappa shape index (κ2) is 9.58. The van der Waals surface area contributed by atoms with Crippen molar-refractivity contribution in [3.63, 3.8) is 0 Å². The molecule has 0 amide bonds. The van der Waals surface area contributed by atoms with Gasteiger partial charge in [-0.05, 0) is 42.9 Å². The second-order valence-corrected chi connectivity index (χ2v) is 7.72. The van der Waals surface area contributed by atoms with Crippen molar-refractivity contribution in [3.8, 4) is 5.75 Å². The van der Waals surface area contributed by atoms with Gasteiger partial charge in [-0.25, -0.2) is 13.6 Å². The van der Waals surface area contributed by atoms with Crippen molar-refractivity contribution in [1.82, 2.24) is 4.90 Å². The average molecular weight is 482 g/mol. The summed E-state index contributed by atoms with van der Waals surface area (Å²) in [5.74, 6) is 1.54. The fraction of sp³-hybridized carbons (Fsp3) is 0.562. The number of likely N-dealkylation sites (tertiary alicyclic amines) is 1. The van der Waals surface area contributed by atoms with E-state index in [-0.39, 0.29) is 34.6 Å². The minimum absolute atomic E-state index is 0. The summed E-state index contributed by atoms with van der Waals surface area (Å²) in [5, 5.41) is 5.23. The minimum atomic E-state index is -3.83. The first-order valence-electron chi connectivity index (χ1n) is 8.06. The number of ether oxygens (including phenoxy) is 1. The van der Waals surface area contributed by atoms with Crippen LogP contribution in [-0.2, 0) is 16.4 Å². The number of halogens is 1. The fourth-order valence-electron chi connectivity index (χ4n) is 2.74. The van der Waals surface area contributed by atoms with Gasteiger partial charge in [-0.2, -0.15) is 0 Å². The lowest BCUT2D eigenvalue weighted by atomic mass is 10.00. The first-order valence-corrected chi connectivity index (χ1v) is 9.60. The van der Waals surface area contributed by atoms with E-state index in [1.165, 1.54) is 13.2 Å². The summed E-state index contributed by atoms with van der Waals surface area (Å²) in [4.78, 5) is 6.50. The number of sulfonamides is 1. The molecule has 9 heteroatoms. The number of rotatable bonds is 5. The quantitative estimate of drug-likeness (QED) is 0.376. The van der Waals surface area contributed by atoms with E-state index in [9.17, 15) is 8.42 Å². The highest BCUT2D eigenvalue weighted by Crippen LogP contribution is 2.24. The van der Waals surface area contributed by atoms with Crippen LogP contribution in [0.4, 0.5) is 0 Å². The van der Waals surface area contributed by atoms with Gasteiger partial charge in [-0.1, -0.05) is 13.0 Å². The summed E-state index contributed by atoms with van der Waals surface area (Å²) >= 11 is 0. The van der Waals surface area contributed by atoms with Gasteiger partial charge in [0, 0.05) is 19.6 Å². The van der Waals surface area contributed by atoms with E-state index in [0.717, 1.165) is 37.4 Å². The first-order chi connectivity index (χ1) is 11.3. The van der Waals surface area contributed by atoms with E-state index in [4.69, 9.17) is 15.6 Å². The number of nitrogens with zero attached hydrogens (tertiary/aromatic N) is 2. The zero-order chi connectivity index (χ0) is 17.7. The molecule has 1 saturated heterocycles. The fourth-order valence-corrected chi connectivity index (χ4v) is 3.48. The van der Waals surface area contributed by atoms with Gasteiger partial charge in [-0.15, -0.1) is 24.0 Å². The maximum absolute atomic E-state index is 11.6. The predicted molar refractivity (Wildman–Crippen MR) is 110 cm³/mol. The number of benzene rings is 1. The Morgan fingerprint density at radius 1 is 1.36 bits per heavy atom. The van der Waals surface area contributed by atoms with Crippen molar-refractivity contribution in [2.45, 2.75) is 31.1 Å². The number of hydrogen-bond acceptors (Lipinski definition) is 4. The number of primary sulfonamides is 1. The van der Waals surface area contributed by atoms with Crippen molar-refractivity contribution in [1.29, 1.82) is 0 Å². The van der Waals surface area contributed by atoms with Crippen molar-refractivity contribution in [2.75, 3.05) is 26.7 Å². The van der Waals surface area contributed by atoms with Crippen LogP contribution in [0, 0.1) is 5.92 Å². The molecular formula is C16H27IN4O3S. The lowest BCUT2D eigenvalue weighted by molar-refractivity contribution is 0.277. The topological polar surface area (TPSA) is 111 Å². The van der Waals surface area contributed by atoms with Crippen LogP contribution in [0.2, 0.25) is 0 Å². The number of hydrogen-bond donors (Lipinski definition) is 2. The molecule has 1 aromatic carbocycles. The predicted octanol–water partition coefficient (Wildman–Crippen LogP) is 1.55. The summed E-state index contributed by atoms with van der Waals surface area (Å²) in [6.45, 7) is 4.62. The Kier molecular flexibility index (Phi) is 8.42. The SMILES string of the molecule is COc1ccc(CCN=C(N)N2CCC(C)CC2)cc1S(N)(=O)=O.I. The lowest BCUT2D eigenvalue weighted by Gasteiger charge is -2.31. The molecule has 0 aliphatic carbocycles. The van der Waals surface area contributed by atoms with Crippen LogP contribution >= 0.6 is 24.0 Å². The Labute approximate surface area is 166 Å². The highest BCUT2D eigenvalue weighted by molar-refractivity contribution is 14.0. The van der Waals surface area contributed by atoms with Gasteiger partial charge in [-0.3, -0.25) is 4.99 Å². The molecule has 1 heterocycles. The third-order valence-corrected chi connectivity index (χ3v) is 5.25. The summed E-state index contributed by atoms with van der Waals surface area (Å²) in [5.41, 5.74) is 6.87. The van der Waals surface area contributed by atoms with E-state index >= 15 is 0 Å². The minimum Gasteiger partial charge on any atom is -0.495 e. The molecule has 1 aliphatic heterocycles. The van der Waals surface area contributed by atoms with Crippen LogP contribution in [0.3, 0.4) is 0 Å². The van der Waals surface area contributed by atoms with E-state index in [1.807, 2.05) is 6.07 Å². The summed E-state index contributed by atoms with van der Waals surface area (Å²) in [6, 6.07) is 4.94. The van der Waals surface area contributed by atoms with Crippen molar-refractivity contribution >= 4 is 40.0 Å². The molecule has 0 spiro atoms. The molecule has 0 radical (unpaired) electrons. The number of aliphatic imine (C=N–C) groups is 1. The Hall–Kier alpha value is -1.07. The van der Waals surface area contributed by atoms with E-state index in [0.29, 0.717) is 18.9 Å². The normalized spacial score (nSPS) is 16.4. The number of piperidine rings is 1. The number of guanidine groups is 1. The van der Waals surface area contributed by atoms with Crippen molar-refractivity contribution < 1.29 is 13.2 Å². The molecule has 0 aromatic heterocycles. The Morgan fingerprint density at radius 2 is 2.00 bits per heavy atom. The maximum Gasteiger partial charge on any atom is 0.241 e. The second-order valence-electron chi connectivity index (χ2n) is 6.19. The van der Waals surface area contributed by atoms with Crippen LogP contribution in [0.1, 0.15) is 25.3 Å². The zero-order valence-corrected chi connectivity index (χ0v) is 17.8. The zero-order valence-electron chi connectivity index (χ0n) is 14.6. The summed E-state index contributed by atoms with van der Waals surface area (Å²) in [7, 11) is -2.41. The van der Waals surface area contributed by atoms with Gasteiger partial charge in [0.15, 0.2) is 5.96 Å². The van der Waals surface area contributed by atoms with Gasteiger partial charge < -0.3 is 15.4 Å². The molecule has 1 aliphatic rings. The largest absolute Gasteiger partial charge is 0.495 e. The van der Waals surface area contributed by atoms with Crippen molar-refractivity contribution in [2.24, 2.45) is 21.8 Å². The van der Waals surface area contributed by atoms with Gasteiger partial charge in [0.2, 0.25) is 10.0 Å². The average Bonchev–Trinajstić information content (AvgIpc) is 2.54. The molecule has 2 rings (SSSR count). The van der Waals surface area contributed by atoms with Gasteiger partial charge in [0.05, 0.1) is 7.11 Å². The molecule has 0 unspecified atom stereocenters. The molecule has 4 N–H and O–H groups in total. The van der Waals surface area contributed by atoms with Crippen LogP contribution in [0.25, 0.3) is 0 Å². The van der Waals surface area contributed by atoms with Gasteiger partial charge in [0.1, 0.15) is 10.6 Å². The Bertz CT molecular complexity index is 701. The number of methoxy groups -OCH3 is 1. The Balaban J connectivity index is 0.00000312. The molecule has 1 aromatic rings. The van der Waals surface area contributed by atoms with Crippen LogP contribution in [0.5, 0.6) is 5.75 Å². The van der Waals surface area contributed by atoms with Crippen LogP contribution in [-0.4, -0.2) is 46.0 Å². The van der Waals surface area contributed by atoms with E-state index in [1.54, 1.807) is 6.07 Å². The van der Waals surface area contributed by atoms with E-state index in [2.05, 4.69) is 16.8 Å². The highest BCUT2D eigenvalue weighted by atomic mass is 127. The van der Waals surface area contributed by atoms with Gasteiger partial charge in [0.25, 0.3) is 0 Å². The van der Waals surface area contributed by atoms with Crippen LogP contribution < -0.4 is 15.6 Å². The smallest absolute Gasteiger partial charge is 0.241 e. The third-order valence-electron chi connectivity index (χ3n) is 4.32. The standard InChI is InChI=1S/C16H26N4O3S.HI/c1-12-6-9-20(10-7-12)16(17)19-8-5-13-3-4-14(23-2)15(11-13)24(18,21)22;/h3-4,11-12H,5-10H2,1-2H3,(H2,17,19)(H2,18,21,22);1H. The van der Waals surface area contributed by atoms with E-state index < -0.39 is 10.0 Å². The molecule has 25 heavy (non-hydrogen) atoms. The highest BCUT2D eigenvalue weighted by Gasteiger charge is 2.17. The maximum atomic E-state index is 11.6. The lowest BCUT2D eigenvalue weighted by Crippen LogP contribution is -2.42. The third kappa shape index (κ3) is 6.30. The Morgan fingerprint density at radius 3 is 2.56 bits per heavy atom. The number of nitrogens with two attached hydrogens (primary N) is 2. The molecular weight excluding hydrogens is 455 g/mol. The molecule has 0 atom stereocenters. The summed E-state index contributed by atoms with van der Waals surface area (Å²) in [6.07, 6.45) is 2.84. The molecule has 142 valence electrons. The molecule has 7 nitrogen and oxygen atoms in total. The summed E-state index contributed by atoms with van der Waals surface area (Å²) < 4.78 is 28.3. The van der Waals surface area contributed by atoms with Crippen LogP contribution in [0.15, 0.2) is 28.1 Å². The molecule has 1 fully saturated rings. The van der Waals surface area contributed by atoms with Crippen molar-refractivity contribution in [3.05, 3.63) is 23.8 Å². The molecule has 0 saturated carbocycles. The first kappa shape index (κ1) is 22.0.